The van der Waals surface area contributed by atoms with Crippen LogP contribution in [0.25, 0.3) is 0 Å². The summed E-state index contributed by atoms with van der Waals surface area (Å²) in [5.41, 5.74) is 0.207. The first-order chi connectivity index (χ1) is 17.5. The van der Waals surface area contributed by atoms with Gasteiger partial charge in [-0.25, -0.2) is 14.4 Å². The summed E-state index contributed by atoms with van der Waals surface area (Å²) in [7, 11) is 0. The molecule has 0 unspecified atom stereocenters. The van der Waals surface area contributed by atoms with Gasteiger partial charge in [-0.05, 0) is 6.42 Å². The zero-order valence-corrected chi connectivity index (χ0v) is 20.5. The second-order valence-corrected chi connectivity index (χ2v) is 7.80. The molecule has 0 saturated carbocycles. The molecule has 3 atom stereocenters. The number of unbranched alkanes of at least 4 members (excludes halogenated alkanes) is 1. The Kier molecular flexibility index (Phi) is 10.7. The number of hydrogen-bond acceptors (Lipinski definition) is 12. The van der Waals surface area contributed by atoms with Gasteiger partial charge >= 0.3 is 29.8 Å². The number of amides is 2. The van der Waals surface area contributed by atoms with Gasteiger partial charge < -0.3 is 23.8 Å². The van der Waals surface area contributed by atoms with E-state index in [0.29, 0.717) is 6.42 Å². The van der Waals surface area contributed by atoms with E-state index in [-0.39, 0.29) is 30.1 Å². The first kappa shape index (κ1) is 28.9. The molecule has 2 rings (SSSR count). The Labute approximate surface area is 211 Å². The highest BCUT2D eigenvalue weighted by Gasteiger charge is 2.46. The Morgan fingerprint density at radius 2 is 1.35 bits per heavy atom. The third-order valence-electron chi connectivity index (χ3n) is 4.81. The molecule has 200 valence electrons. The van der Waals surface area contributed by atoms with Crippen LogP contribution in [-0.2, 0) is 57.3 Å². The Hall–Kier alpha value is -4.29. The summed E-state index contributed by atoms with van der Waals surface area (Å²) < 4.78 is 20.2. The predicted molar refractivity (Wildman–Crippen MR) is 119 cm³/mol. The van der Waals surface area contributed by atoms with Crippen molar-refractivity contribution in [2.24, 2.45) is 0 Å². The van der Waals surface area contributed by atoms with Gasteiger partial charge in [0.1, 0.15) is 0 Å². The molecule has 0 aromatic heterocycles. The van der Waals surface area contributed by atoms with Crippen LogP contribution >= 0.6 is 0 Å². The van der Waals surface area contributed by atoms with E-state index in [0.717, 1.165) is 20.3 Å². The maximum atomic E-state index is 13.1. The maximum absolute atomic E-state index is 13.1. The second-order valence-electron chi connectivity index (χ2n) is 7.80. The van der Waals surface area contributed by atoms with Crippen LogP contribution in [-0.4, -0.2) is 65.5 Å². The highest BCUT2D eigenvalue weighted by atomic mass is 16.7. The minimum absolute atomic E-state index is 0.0455. The van der Waals surface area contributed by atoms with E-state index in [4.69, 9.17) is 23.8 Å². The zero-order valence-electron chi connectivity index (χ0n) is 20.5. The van der Waals surface area contributed by atoms with Crippen molar-refractivity contribution in [2.75, 3.05) is 6.61 Å². The van der Waals surface area contributed by atoms with Crippen molar-refractivity contribution in [1.29, 1.82) is 0 Å². The van der Waals surface area contributed by atoms with Crippen molar-refractivity contribution >= 4 is 41.7 Å². The monoisotopic (exact) mass is 521 g/mol. The van der Waals surface area contributed by atoms with Crippen LogP contribution in [0.2, 0.25) is 0 Å². The summed E-state index contributed by atoms with van der Waals surface area (Å²) >= 11 is 0. The quantitative estimate of drug-likeness (QED) is 0.166. The first-order valence-electron chi connectivity index (χ1n) is 11.4. The maximum Gasteiger partial charge on any atom is 0.377 e. The number of carbonyl (C=O) groups excluding carboxylic acids is 7. The van der Waals surface area contributed by atoms with Gasteiger partial charge in [0.05, 0.1) is 6.61 Å². The van der Waals surface area contributed by atoms with Gasteiger partial charge in [0.25, 0.3) is 11.8 Å². The number of ether oxygens (including phenoxy) is 4. The fourth-order valence-corrected chi connectivity index (χ4v) is 3.08. The lowest BCUT2D eigenvalue weighted by Crippen LogP contribution is -2.49. The number of hydroxylamine groups is 2. The van der Waals surface area contributed by atoms with Crippen molar-refractivity contribution in [1.82, 2.24) is 5.06 Å². The molecule has 0 aliphatic carbocycles. The third-order valence-corrected chi connectivity index (χ3v) is 4.81. The van der Waals surface area contributed by atoms with Crippen molar-refractivity contribution in [3.8, 4) is 0 Å². The van der Waals surface area contributed by atoms with E-state index in [9.17, 15) is 33.6 Å². The normalized spacial score (nSPS) is 15.3. The number of rotatable bonds is 12. The topological polar surface area (TPSA) is 169 Å². The fourth-order valence-electron chi connectivity index (χ4n) is 3.08. The van der Waals surface area contributed by atoms with Crippen molar-refractivity contribution in [3.63, 3.8) is 0 Å². The van der Waals surface area contributed by atoms with Gasteiger partial charge in [0.2, 0.25) is 18.3 Å². The molecule has 13 nitrogen and oxygen atoms in total. The molecule has 37 heavy (non-hydrogen) atoms. The molecular formula is C24H27NO12. The summed E-state index contributed by atoms with van der Waals surface area (Å²) in [4.78, 5) is 90.5. The van der Waals surface area contributed by atoms with Gasteiger partial charge in [-0.15, -0.1) is 5.06 Å². The minimum atomic E-state index is -2.28. The minimum Gasteiger partial charge on any atom is -0.463 e. The van der Waals surface area contributed by atoms with Gasteiger partial charge in [-0.3, -0.25) is 19.2 Å². The van der Waals surface area contributed by atoms with Gasteiger partial charge in [-0.1, -0.05) is 43.7 Å². The van der Waals surface area contributed by atoms with Crippen molar-refractivity contribution in [2.45, 2.75) is 64.8 Å². The predicted octanol–water partition coefficient (Wildman–Crippen LogP) is 1.08. The number of carbonyl (C=O) groups is 7. The van der Waals surface area contributed by atoms with Gasteiger partial charge in [0.15, 0.2) is 0 Å². The highest BCUT2D eigenvalue weighted by molar-refractivity contribution is 6.02. The molecule has 1 aliphatic heterocycles. The summed E-state index contributed by atoms with van der Waals surface area (Å²) in [5, 5.41) is 0.160. The van der Waals surface area contributed by atoms with Gasteiger partial charge in [0, 0.05) is 32.3 Å². The molecule has 0 radical (unpaired) electrons. The molecule has 0 spiro atoms. The summed E-state index contributed by atoms with van der Waals surface area (Å²) in [5.74, 6) is -7.82. The SMILES string of the molecule is CCCCOC(=O)[C@@H](OC(=O)[C@H](OC(C)=O)[C@@H](OC(C)=O)C(=O)ON1C(=O)CCC1=O)c1ccccc1. The number of imide groups is 1. The average molecular weight is 521 g/mol. The second kappa shape index (κ2) is 13.7. The lowest BCUT2D eigenvalue weighted by Gasteiger charge is -2.26. The van der Waals surface area contributed by atoms with Crippen LogP contribution in [0, 0.1) is 0 Å². The Bertz CT molecular complexity index is 1020. The molecule has 1 fully saturated rings. The number of esters is 4. The molecule has 1 heterocycles. The molecular weight excluding hydrogens is 494 g/mol. The van der Waals surface area contributed by atoms with Gasteiger partial charge in [-0.2, -0.15) is 0 Å². The number of nitrogens with zero attached hydrogens (tertiary/aromatic N) is 1. The molecule has 1 aromatic carbocycles. The van der Waals surface area contributed by atoms with Crippen LogP contribution < -0.4 is 0 Å². The molecule has 0 N–H and O–H groups in total. The summed E-state index contributed by atoms with van der Waals surface area (Å²) in [6.45, 7) is 3.71. The Morgan fingerprint density at radius 1 is 0.811 bits per heavy atom. The lowest BCUT2D eigenvalue weighted by molar-refractivity contribution is -0.214. The Morgan fingerprint density at radius 3 is 1.86 bits per heavy atom. The van der Waals surface area contributed by atoms with Crippen LogP contribution in [0.5, 0.6) is 0 Å². The molecule has 13 heteroatoms. The first-order valence-corrected chi connectivity index (χ1v) is 11.4. The summed E-state index contributed by atoms with van der Waals surface area (Å²) in [6.07, 6.45) is -5.33. The van der Waals surface area contributed by atoms with E-state index in [2.05, 4.69) is 0 Å². The lowest BCUT2D eigenvalue weighted by atomic mass is 10.1. The van der Waals surface area contributed by atoms with Crippen LogP contribution in [0.15, 0.2) is 30.3 Å². The van der Waals surface area contributed by atoms with E-state index < -0.39 is 60.0 Å². The van der Waals surface area contributed by atoms with E-state index in [1.807, 2.05) is 6.92 Å². The van der Waals surface area contributed by atoms with E-state index in [1.54, 1.807) is 18.2 Å². The fraction of sp³-hybridized carbons (Fsp3) is 0.458. The largest absolute Gasteiger partial charge is 0.463 e. The van der Waals surface area contributed by atoms with Crippen molar-refractivity contribution in [3.05, 3.63) is 35.9 Å². The molecule has 1 saturated heterocycles. The van der Waals surface area contributed by atoms with Crippen LogP contribution in [0.4, 0.5) is 0 Å². The highest BCUT2D eigenvalue weighted by Crippen LogP contribution is 2.23. The molecule has 2 amide bonds. The van der Waals surface area contributed by atoms with E-state index in [1.165, 1.54) is 12.1 Å². The standard InChI is InChI=1S/C24H27NO12/c1-4-5-13-33-22(30)19(16-9-7-6-8-10-16)36-23(31)20(34-14(2)26)21(35-15(3)27)24(32)37-25-17(28)11-12-18(25)29/h6-10,19-21H,4-5,11-13H2,1-3H3/t19-,20+,21+/m0/s1. The molecule has 1 aliphatic rings. The number of hydrogen-bond donors (Lipinski definition) is 0. The van der Waals surface area contributed by atoms with Crippen molar-refractivity contribution < 1.29 is 57.3 Å². The van der Waals surface area contributed by atoms with E-state index >= 15 is 0 Å². The van der Waals surface area contributed by atoms with Crippen LogP contribution in [0.3, 0.4) is 0 Å². The number of benzene rings is 1. The Balaban J connectivity index is 2.35. The molecule has 0 bridgehead atoms. The smallest absolute Gasteiger partial charge is 0.377 e. The third kappa shape index (κ3) is 8.40. The molecule has 1 aromatic rings. The van der Waals surface area contributed by atoms with Crippen LogP contribution in [0.1, 0.15) is 58.1 Å². The zero-order chi connectivity index (χ0) is 27.5. The average Bonchev–Trinajstić information content (AvgIpc) is 3.16. The summed E-state index contributed by atoms with van der Waals surface area (Å²) in [6, 6.07) is 7.75.